The highest BCUT2D eigenvalue weighted by atomic mass is 15.2. The number of hydrogen-bond donors (Lipinski definition) is 2. The summed E-state index contributed by atoms with van der Waals surface area (Å²) in [4.78, 5) is 2.31. The molecule has 0 unspecified atom stereocenters. The Balaban J connectivity index is 2.25. The van der Waals surface area contributed by atoms with Gasteiger partial charge in [-0.1, -0.05) is 0 Å². The van der Waals surface area contributed by atoms with E-state index in [9.17, 15) is 0 Å². The molecule has 0 spiro atoms. The van der Waals surface area contributed by atoms with Crippen LogP contribution in [0.4, 0.5) is 11.4 Å². The number of nitrogens with one attached hydrogen (secondary N) is 2. The highest BCUT2D eigenvalue weighted by Gasteiger charge is 2.15. The highest BCUT2D eigenvalue weighted by molar-refractivity contribution is 5.73. The van der Waals surface area contributed by atoms with Crippen LogP contribution in [0, 0.1) is 11.3 Å². The molecule has 0 saturated heterocycles. The fraction of sp³-hybridized carbons (Fsp3) is 0.417. The number of benzene rings is 1. The Hall–Kier alpha value is -1.73. The van der Waals surface area contributed by atoms with Crippen molar-refractivity contribution in [1.29, 1.82) is 5.26 Å². The van der Waals surface area contributed by atoms with Gasteiger partial charge in [-0.3, -0.25) is 0 Å². The molecule has 0 aliphatic carbocycles. The van der Waals surface area contributed by atoms with Gasteiger partial charge >= 0.3 is 0 Å². The van der Waals surface area contributed by atoms with E-state index in [1.54, 1.807) is 0 Å². The Kier molecular flexibility index (Phi) is 3.28. The summed E-state index contributed by atoms with van der Waals surface area (Å²) in [6.45, 7) is 3.88. The predicted molar refractivity (Wildman–Crippen MR) is 65.8 cm³/mol. The zero-order chi connectivity index (χ0) is 11.4. The van der Waals surface area contributed by atoms with Crippen LogP contribution >= 0.6 is 0 Å². The summed E-state index contributed by atoms with van der Waals surface area (Å²) in [6, 6.07) is 7.98. The molecule has 1 aromatic carbocycles. The average molecular weight is 216 g/mol. The second-order valence-corrected chi connectivity index (χ2v) is 3.86. The molecular weight excluding hydrogens is 200 g/mol. The van der Waals surface area contributed by atoms with Crippen molar-refractivity contribution in [2.75, 3.05) is 43.4 Å². The molecule has 1 aliphatic rings. The molecule has 0 bridgehead atoms. The molecule has 1 heterocycles. The van der Waals surface area contributed by atoms with Crippen molar-refractivity contribution in [2.24, 2.45) is 0 Å². The molecule has 1 aliphatic heterocycles. The summed E-state index contributed by atoms with van der Waals surface area (Å²) in [6.07, 6.45) is 0. The van der Waals surface area contributed by atoms with E-state index >= 15 is 0 Å². The maximum atomic E-state index is 8.90. The first-order valence-corrected chi connectivity index (χ1v) is 5.52. The Morgan fingerprint density at radius 2 is 2.44 bits per heavy atom. The van der Waals surface area contributed by atoms with Crippen LogP contribution in [0.2, 0.25) is 0 Å². The molecule has 16 heavy (non-hydrogen) atoms. The van der Waals surface area contributed by atoms with E-state index in [4.69, 9.17) is 5.26 Å². The van der Waals surface area contributed by atoms with Gasteiger partial charge in [-0.15, -0.1) is 0 Å². The van der Waals surface area contributed by atoms with Crippen molar-refractivity contribution in [3.05, 3.63) is 23.8 Å². The van der Waals surface area contributed by atoms with Gasteiger partial charge in [0.25, 0.3) is 0 Å². The van der Waals surface area contributed by atoms with Crippen molar-refractivity contribution >= 4 is 11.4 Å². The van der Waals surface area contributed by atoms with Gasteiger partial charge in [-0.2, -0.15) is 5.26 Å². The Morgan fingerprint density at radius 1 is 1.56 bits per heavy atom. The topological polar surface area (TPSA) is 51.1 Å². The normalized spacial score (nSPS) is 13.9. The van der Waals surface area contributed by atoms with Crippen LogP contribution in [0.5, 0.6) is 0 Å². The van der Waals surface area contributed by atoms with Crippen LogP contribution in [-0.2, 0) is 0 Å². The van der Waals surface area contributed by atoms with Crippen LogP contribution in [0.1, 0.15) is 5.56 Å². The third kappa shape index (κ3) is 2.10. The van der Waals surface area contributed by atoms with Crippen molar-refractivity contribution in [3.8, 4) is 6.07 Å². The molecule has 0 saturated carbocycles. The van der Waals surface area contributed by atoms with E-state index < -0.39 is 0 Å². The summed E-state index contributed by atoms with van der Waals surface area (Å²) in [5, 5.41) is 15.4. The maximum Gasteiger partial charge on any atom is 0.0992 e. The highest BCUT2D eigenvalue weighted by Crippen LogP contribution is 2.29. The number of nitrogens with zero attached hydrogens (tertiary/aromatic N) is 2. The molecule has 84 valence electrons. The number of likely N-dealkylation sites (N-methyl/N-ethyl adjacent to an activating group) is 1. The number of fused-ring (bicyclic) bond motifs is 1. The minimum atomic E-state index is 0.719. The zero-order valence-corrected chi connectivity index (χ0v) is 9.45. The largest absolute Gasteiger partial charge is 0.382 e. The van der Waals surface area contributed by atoms with Gasteiger partial charge in [0.05, 0.1) is 23.0 Å². The molecule has 0 atom stereocenters. The molecule has 4 nitrogen and oxygen atoms in total. The lowest BCUT2D eigenvalue weighted by Gasteiger charge is -2.32. The van der Waals surface area contributed by atoms with Crippen molar-refractivity contribution < 1.29 is 0 Å². The summed E-state index contributed by atoms with van der Waals surface area (Å²) in [5.74, 6) is 0. The number of rotatable bonds is 3. The SMILES string of the molecule is CNCCN1CCNc2ccc(C#N)cc21. The molecule has 1 aromatic rings. The van der Waals surface area contributed by atoms with Crippen LogP contribution in [0.3, 0.4) is 0 Å². The molecule has 2 rings (SSSR count). The summed E-state index contributed by atoms with van der Waals surface area (Å²) < 4.78 is 0. The molecular formula is C12H16N4. The molecule has 4 heteroatoms. The minimum Gasteiger partial charge on any atom is -0.382 e. The van der Waals surface area contributed by atoms with E-state index in [2.05, 4.69) is 21.6 Å². The fourth-order valence-electron chi connectivity index (χ4n) is 1.94. The minimum absolute atomic E-state index is 0.719. The van der Waals surface area contributed by atoms with E-state index in [0.717, 1.165) is 43.1 Å². The molecule has 0 fully saturated rings. The van der Waals surface area contributed by atoms with Gasteiger partial charge < -0.3 is 15.5 Å². The van der Waals surface area contributed by atoms with Gasteiger partial charge in [0.2, 0.25) is 0 Å². The van der Waals surface area contributed by atoms with Crippen LogP contribution in [0.15, 0.2) is 18.2 Å². The Labute approximate surface area is 95.9 Å². The first-order chi connectivity index (χ1) is 7.85. The van der Waals surface area contributed by atoms with Crippen molar-refractivity contribution in [3.63, 3.8) is 0 Å². The third-order valence-corrected chi connectivity index (χ3v) is 2.80. The molecule has 2 N–H and O–H groups in total. The predicted octanol–water partition coefficient (Wildman–Crippen LogP) is 1.01. The lowest BCUT2D eigenvalue weighted by atomic mass is 10.1. The summed E-state index contributed by atoms with van der Waals surface area (Å²) >= 11 is 0. The third-order valence-electron chi connectivity index (χ3n) is 2.80. The van der Waals surface area contributed by atoms with Crippen LogP contribution in [-0.4, -0.2) is 33.2 Å². The second-order valence-electron chi connectivity index (χ2n) is 3.86. The van der Waals surface area contributed by atoms with Crippen molar-refractivity contribution in [1.82, 2.24) is 5.32 Å². The number of anilines is 2. The van der Waals surface area contributed by atoms with Crippen molar-refractivity contribution in [2.45, 2.75) is 0 Å². The zero-order valence-electron chi connectivity index (χ0n) is 9.45. The lowest BCUT2D eigenvalue weighted by Crippen LogP contribution is -2.38. The lowest BCUT2D eigenvalue weighted by molar-refractivity contribution is 0.719. The van der Waals surface area contributed by atoms with Gasteiger partial charge in [0.15, 0.2) is 0 Å². The first kappa shape index (κ1) is 10.8. The van der Waals surface area contributed by atoms with Gasteiger partial charge in [0, 0.05) is 26.2 Å². The Morgan fingerprint density at radius 3 is 3.19 bits per heavy atom. The fourth-order valence-corrected chi connectivity index (χ4v) is 1.94. The number of nitriles is 1. The van der Waals surface area contributed by atoms with E-state index in [1.807, 2.05) is 25.2 Å². The quantitative estimate of drug-likeness (QED) is 0.791. The molecule has 0 amide bonds. The maximum absolute atomic E-state index is 8.90. The average Bonchev–Trinajstić information content (AvgIpc) is 2.35. The summed E-state index contributed by atoms with van der Waals surface area (Å²) in [5.41, 5.74) is 2.99. The van der Waals surface area contributed by atoms with E-state index in [1.165, 1.54) is 0 Å². The van der Waals surface area contributed by atoms with Gasteiger partial charge in [-0.25, -0.2) is 0 Å². The standard InChI is InChI=1S/C12H16N4/c1-14-4-6-16-7-5-15-11-3-2-10(9-13)8-12(11)16/h2-3,8,14-15H,4-7H2,1H3. The smallest absolute Gasteiger partial charge is 0.0992 e. The second kappa shape index (κ2) is 4.86. The molecule has 0 aromatic heterocycles. The Bertz CT molecular complexity index is 408. The number of hydrogen-bond acceptors (Lipinski definition) is 4. The van der Waals surface area contributed by atoms with Gasteiger partial charge in [-0.05, 0) is 25.2 Å². The van der Waals surface area contributed by atoms with Crippen LogP contribution < -0.4 is 15.5 Å². The van der Waals surface area contributed by atoms with Crippen LogP contribution in [0.25, 0.3) is 0 Å². The first-order valence-electron chi connectivity index (χ1n) is 5.52. The van der Waals surface area contributed by atoms with Gasteiger partial charge in [0.1, 0.15) is 0 Å². The van der Waals surface area contributed by atoms with E-state index in [0.29, 0.717) is 0 Å². The van der Waals surface area contributed by atoms with E-state index in [-0.39, 0.29) is 0 Å². The summed E-state index contributed by atoms with van der Waals surface area (Å²) in [7, 11) is 1.95. The monoisotopic (exact) mass is 216 g/mol. The molecule has 0 radical (unpaired) electrons.